The lowest BCUT2D eigenvalue weighted by Gasteiger charge is -2.26. The second kappa shape index (κ2) is 24.1. The third-order valence-corrected chi connectivity index (χ3v) is 14.0. The molecule has 78 heavy (non-hydrogen) atoms. The smallest absolute Gasteiger partial charge is 0.0462 e. The van der Waals surface area contributed by atoms with Crippen LogP contribution in [0, 0.1) is 13.8 Å². The Hall–Kier alpha value is -10.0. The summed E-state index contributed by atoms with van der Waals surface area (Å²) in [5, 5.41) is 0. The summed E-state index contributed by atoms with van der Waals surface area (Å²) in [5.74, 6) is 0. The molecule has 0 aromatic heterocycles. The van der Waals surface area contributed by atoms with Crippen LogP contribution in [0.3, 0.4) is 0 Å². The Labute approximate surface area is 460 Å². The van der Waals surface area contributed by atoms with Crippen LogP contribution >= 0.6 is 0 Å². The van der Waals surface area contributed by atoms with E-state index in [9.17, 15) is 0 Å². The zero-order valence-electron chi connectivity index (χ0n) is 44.1. The molecule has 2 heteroatoms. The number of hydrogen-bond acceptors (Lipinski definition) is 2. The summed E-state index contributed by atoms with van der Waals surface area (Å²) in [6, 6.07) is 104. The van der Waals surface area contributed by atoms with E-state index in [2.05, 4.69) is 351 Å². The van der Waals surface area contributed by atoms with Crippen LogP contribution in [0.2, 0.25) is 0 Å². The fraction of sp³-hybridized carbons (Fsp3) is 0.0263. The zero-order chi connectivity index (χ0) is 52.9. The molecule has 374 valence electrons. The largest absolute Gasteiger partial charge is 0.311 e. The molecule has 0 radical (unpaired) electrons. The number of aryl methyl sites for hydroxylation is 2. The van der Waals surface area contributed by atoms with Crippen molar-refractivity contribution in [2.75, 3.05) is 9.80 Å². The maximum absolute atomic E-state index is 2.32. The molecule has 0 amide bonds. The number of anilines is 6. The standard InChI is InChI=1S/C76H60N2/c1-57-26-42-69(43-27-57)77(73-50-38-63(39-51-73)55-75(65-18-7-3-8-19-65)66-20-9-4-10-21-66)71-46-34-59(35-47-71)30-32-61-16-15-17-62(54-61)33-31-60-36-48-72(49-37-60)78(70-44-28-58(2)29-45-70)74-52-40-64(41-53-74)56-76(67-22-11-5-12-23-67)68-24-13-6-14-25-68/h3-56H,1-2H3/b32-30+,33-31+. The molecular weight excluding hydrogens is 941 g/mol. The fourth-order valence-corrected chi connectivity index (χ4v) is 9.81. The van der Waals surface area contributed by atoms with Gasteiger partial charge in [-0.2, -0.15) is 0 Å². The summed E-state index contributed by atoms with van der Waals surface area (Å²) in [7, 11) is 0. The predicted molar refractivity (Wildman–Crippen MR) is 336 cm³/mol. The molecule has 0 aliphatic carbocycles. The molecule has 0 N–H and O–H groups in total. The molecule has 0 saturated heterocycles. The van der Waals surface area contributed by atoms with Gasteiger partial charge >= 0.3 is 0 Å². The molecule has 0 bridgehead atoms. The van der Waals surface area contributed by atoms with Gasteiger partial charge in [-0.1, -0.05) is 248 Å². The van der Waals surface area contributed by atoms with Crippen LogP contribution in [-0.2, 0) is 0 Å². The lowest BCUT2D eigenvalue weighted by molar-refractivity contribution is 1.27. The molecule has 0 atom stereocenters. The molecule has 2 nitrogen and oxygen atoms in total. The Morgan fingerprint density at radius 2 is 0.474 bits per heavy atom. The zero-order valence-corrected chi connectivity index (χ0v) is 44.1. The van der Waals surface area contributed by atoms with Crippen LogP contribution in [0.5, 0.6) is 0 Å². The first-order valence-electron chi connectivity index (χ1n) is 26.7. The number of benzene rings is 11. The molecule has 0 spiro atoms. The molecule has 0 heterocycles. The molecule has 0 aliphatic rings. The Morgan fingerprint density at radius 3 is 0.756 bits per heavy atom. The fourth-order valence-electron chi connectivity index (χ4n) is 9.81. The summed E-state index contributed by atoms with van der Waals surface area (Å²) in [5.41, 5.74) is 23.0. The minimum Gasteiger partial charge on any atom is -0.311 e. The SMILES string of the molecule is Cc1ccc(N(c2ccc(C=C(c3ccccc3)c3ccccc3)cc2)c2ccc(/C=C/c3cccc(/C=C/c4ccc(N(c5ccc(C)cc5)c5ccc(C=C(c6ccccc6)c6ccccc6)cc5)cc4)c3)cc2)cc1. The summed E-state index contributed by atoms with van der Waals surface area (Å²) < 4.78 is 0. The number of nitrogens with zero attached hydrogens (tertiary/aromatic N) is 2. The highest BCUT2D eigenvalue weighted by Gasteiger charge is 2.15. The van der Waals surface area contributed by atoms with Gasteiger partial charge in [-0.25, -0.2) is 0 Å². The van der Waals surface area contributed by atoms with E-state index in [0.29, 0.717) is 0 Å². The lowest BCUT2D eigenvalue weighted by atomic mass is 9.95. The maximum Gasteiger partial charge on any atom is 0.0462 e. The highest BCUT2D eigenvalue weighted by atomic mass is 15.1. The van der Waals surface area contributed by atoms with Crippen molar-refractivity contribution in [3.8, 4) is 0 Å². The van der Waals surface area contributed by atoms with Gasteiger partial charge in [-0.15, -0.1) is 0 Å². The van der Waals surface area contributed by atoms with E-state index in [1.165, 1.54) is 44.5 Å². The van der Waals surface area contributed by atoms with E-state index in [1.807, 2.05) is 0 Å². The van der Waals surface area contributed by atoms with Crippen LogP contribution in [0.25, 0.3) is 47.6 Å². The van der Waals surface area contributed by atoms with Crippen molar-refractivity contribution in [2.45, 2.75) is 13.8 Å². The van der Waals surface area contributed by atoms with Gasteiger partial charge in [-0.3, -0.25) is 0 Å². The Bertz CT molecular complexity index is 3480. The molecule has 11 aromatic rings. The average Bonchev–Trinajstić information content (AvgIpc) is 3.56. The molecule has 0 fully saturated rings. The van der Waals surface area contributed by atoms with Crippen LogP contribution in [-0.4, -0.2) is 0 Å². The molecule has 0 saturated carbocycles. The second-order valence-electron chi connectivity index (χ2n) is 19.6. The Morgan fingerprint density at radius 1 is 0.231 bits per heavy atom. The van der Waals surface area contributed by atoms with Crippen LogP contribution in [0.1, 0.15) is 66.8 Å². The van der Waals surface area contributed by atoms with Crippen molar-refractivity contribution < 1.29 is 0 Å². The third-order valence-electron chi connectivity index (χ3n) is 14.0. The molecular formula is C76H60N2. The van der Waals surface area contributed by atoms with Gasteiger partial charge in [0.15, 0.2) is 0 Å². The van der Waals surface area contributed by atoms with E-state index < -0.39 is 0 Å². The lowest BCUT2D eigenvalue weighted by Crippen LogP contribution is -2.09. The first kappa shape index (κ1) is 50.2. The number of rotatable bonds is 16. The molecule has 11 rings (SSSR count). The van der Waals surface area contributed by atoms with Gasteiger partial charge < -0.3 is 9.80 Å². The van der Waals surface area contributed by atoms with E-state index in [-0.39, 0.29) is 0 Å². The Kier molecular flexibility index (Phi) is 15.5. The van der Waals surface area contributed by atoms with Crippen molar-refractivity contribution in [2.24, 2.45) is 0 Å². The first-order chi connectivity index (χ1) is 38.5. The highest BCUT2D eigenvalue weighted by Crippen LogP contribution is 2.38. The number of hydrogen-bond donors (Lipinski definition) is 0. The van der Waals surface area contributed by atoms with Crippen LogP contribution < -0.4 is 9.80 Å². The molecule has 11 aromatic carbocycles. The minimum atomic E-state index is 1.09. The monoisotopic (exact) mass is 1000 g/mol. The van der Waals surface area contributed by atoms with Gasteiger partial charge in [0.2, 0.25) is 0 Å². The summed E-state index contributed by atoms with van der Waals surface area (Å²) >= 11 is 0. The van der Waals surface area contributed by atoms with Crippen molar-refractivity contribution >= 4 is 81.7 Å². The average molecular weight is 1000 g/mol. The Balaban J connectivity index is 0.788. The summed E-state index contributed by atoms with van der Waals surface area (Å²) in [6.07, 6.45) is 13.3. The summed E-state index contributed by atoms with van der Waals surface area (Å²) in [6.45, 7) is 4.26. The quantitative estimate of drug-likeness (QED) is 0.0890. The third kappa shape index (κ3) is 12.4. The van der Waals surface area contributed by atoms with Crippen LogP contribution in [0.4, 0.5) is 34.1 Å². The van der Waals surface area contributed by atoms with E-state index >= 15 is 0 Å². The van der Waals surface area contributed by atoms with Gasteiger partial charge in [0.05, 0.1) is 0 Å². The normalized spacial score (nSPS) is 11.1. The maximum atomic E-state index is 2.32. The van der Waals surface area contributed by atoms with E-state index in [0.717, 1.165) is 67.5 Å². The van der Waals surface area contributed by atoms with Crippen molar-refractivity contribution in [1.82, 2.24) is 0 Å². The van der Waals surface area contributed by atoms with E-state index in [4.69, 9.17) is 0 Å². The molecule has 0 unspecified atom stereocenters. The van der Waals surface area contributed by atoms with Gasteiger partial charge in [0, 0.05) is 34.1 Å². The van der Waals surface area contributed by atoms with Crippen molar-refractivity contribution in [3.05, 3.63) is 358 Å². The first-order valence-corrected chi connectivity index (χ1v) is 26.7. The molecule has 0 aliphatic heterocycles. The van der Waals surface area contributed by atoms with Gasteiger partial charge in [0.1, 0.15) is 0 Å². The second-order valence-corrected chi connectivity index (χ2v) is 19.6. The summed E-state index contributed by atoms with van der Waals surface area (Å²) in [4.78, 5) is 4.65. The van der Waals surface area contributed by atoms with Crippen LogP contribution in [0.15, 0.2) is 291 Å². The minimum absolute atomic E-state index is 1.09. The highest BCUT2D eigenvalue weighted by molar-refractivity contribution is 5.93. The topological polar surface area (TPSA) is 6.48 Å². The van der Waals surface area contributed by atoms with Crippen molar-refractivity contribution in [1.29, 1.82) is 0 Å². The van der Waals surface area contributed by atoms with Gasteiger partial charge in [-0.05, 0) is 172 Å². The van der Waals surface area contributed by atoms with Gasteiger partial charge in [0.25, 0.3) is 0 Å². The predicted octanol–water partition coefficient (Wildman–Crippen LogP) is 20.8. The van der Waals surface area contributed by atoms with Crippen molar-refractivity contribution in [3.63, 3.8) is 0 Å². The van der Waals surface area contributed by atoms with E-state index in [1.54, 1.807) is 0 Å².